The highest BCUT2D eigenvalue weighted by atomic mass is 16.5. The van der Waals surface area contributed by atoms with Crippen molar-refractivity contribution in [3.63, 3.8) is 0 Å². The number of amides is 1. The number of nitrogens with two attached hydrogens (primary N) is 1. The van der Waals surface area contributed by atoms with Gasteiger partial charge in [-0.2, -0.15) is 0 Å². The van der Waals surface area contributed by atoms with E-state index in [1.54, 1.807) is 7.11 Å². The molecule has 1 atom stereocenters. The van der Waals surface area contributed by atoms with Crippen LogP contribution in [0.15, 0.2) is 54.6 Å². The Balaban J connectivity index is 1.71. The van der Waals surface area contributed by atoms with Gasteiger partial charge in [-0.25, -0.2) is 0 Å². The number of nitrogens with one attached hydrogen (secondary N) is 1. The molecule has 2 rings (SSSR count). The van der Waals surface area contributed by atoms with Crippen molar-refractivity contribution in [2.45, 2.75) is 19.4 Å². The van der Waals surface area contributed by atoms with Crippen LogP contribution in [0.3, 0.4) is 0 Å². The molecular formula is C19H25N2O2+. The highest BCUT2D eigenvalue weighted by molar-refractivity contribution is 5.76. The molecule has 122 valence electrons. The molecule has 0 spiro atoms. The molecule has 3 N–H and O–H groups in total. The molecule has 0 saturated heterocycles. The Morgan fingerprint density at radius 1 is 1.13 bits per heavy atom. The summed E-state index contributed by atoms with van der Waals surface area (Å²) in [6.07, 6.45) is 0.768. The standard InChI is InChI=1S/C19H24N2O2/c1-15(16-8-4-3-5-9-16)21-14-19(22)20-13-12-17-10-6-7-11-18(17)23-2/h3-11,15,21H,12-14H2,1-2H3,(H,20,22)/p+1/t15-/m0/s1. The predicted octanol–water partition coefficient (Wildman–Crippen LogP) is 1.68. The van der Waals surface area contributed by atoms with Crippen molar-refractivity contribution in [2.24, 2.45) is 0 Å². The minimum atomic E-state index is 0.0580. The van der Waals surface area contributed by atoms with Crippen molar-refractivity contribution in [3.05, 3.63) is 65.7 Å². The Morgan fingerprint density at radius 3 is 2.57 bits per heavy atom. The smallest absolute Gasteiger partial charge is 0.275 e. The summed E-state index contributed by atoms with van der Waals surface area (Å²) in [6.45, 7) is 3.16. The maximum atomic E-state index is 11.9. The average Bonchev–Trinajstić information content (AvgIpc) is 2.61. The quantitative estimate of drug-likeness (QED) is 0.779. The molecule has 0 unspecified atom stereocenters. The van der Waals surface area contributed by atoms with Crippen molar-refractivity contribution >= 4 is 5.91 Å². The predicted molar refractivity (Wildman–Crippen MR) is 91.4 cm³/mol. The van der Waals surface area contributed by atoms with E-state index in [2.05, 4.69) is 24.4 Å². The number of hydrogen-bond donors (Lipinski definition) is 2. The zero-order valence-corrected chi connectivity index (χ0v) is 13.8. The Bertz CT molecular complexity index is 614. The van der Waals surface area contributed by atoms with E-state index in [1.807, 2.05) is 47.8 Å². The zero-order valence-electron chi connectivity index (χ0n) is 13.8. The lowest BCUT2D eigenvalue weighted by Crippen LogP contribution is -2.87. The van der Waals surface area contributed by atoms with Gasteiger partial charge in [-0.05, 0) is 25.0 Å². The van der Waals surface area contributed by atoms with Gasteiger partial charge < -0.3 is 15.4 Å². The molecule has 0 aliphatic heterocycles. The number of hydrogen-bond acceptors (Lipinski definition) is 2. The topological polar surface area (TPSA) is 54.9 Å². The van der Waals surface area contributed by atoms with Crippen LogP contribution in [0.1, 0.15) is 24.1 Å². The van der Waals surface area contributed by atoms with Crippen LogP contribution in [-0.2, 0) is 11.2 Å². The van der Waals surface area contributed by atoms with Gasteiger partial charge in [0.1, 0.15) is 11.8 Å². The lowest BCUT2D eigenvalue weighted by molar-refractivity contribution is -0.682. The monoisotopic (exact) mass is 313 g/mol. The number of benzene rings is 2. The second-order valence-electron chi connectivity index (χ2n) is 5.55. The second kappa shape index (κ2) is 8.96. The maximum absolute atomic E-state index is 11.9. The summed E-state index contributed by atoms with van der Waals surface area (Å²) in [5, 5.41) is 5.01. The SMILES string of the molecule is COc1ccccc1CCNC(=O)C[NH2+][C@@H](C)c1ccccc1. The Morgan fingerprint density at radius 2 is 1.83 bits per heavy atom. The van der Waals surface area contributed by atoms with Crippen LogP contribution in [0.4, 0.5) is 0 Å². The summed E-state index contributed by atoms with van der Waals surface area (Å²) in [6, 6.07) is 18.4. The van der Waals surface area contributed by atoms with Gasteiger partial charge in [-0.15, -0.1) is 0 Å². The third-order valence-corrected chi connectivity index (χ3v) is 3.89. The van der Waals surface area contributed by atoms with E-state index in [9.17, 15) is 4.79 Å². The third kappa shape index (κ3) is 5.42. The van der Waals surface area contributed by atoms with Gasteiger partial charge in [0, 0.05) is 12.1 Å². The van der Waals surface area contributed by atoms with Crippen molar-refractivity contribution in [3.8, 4) is 5.75 Å². The lowest BCUT2D eigenvalue weighted by Gasteiger charge is -2.11. The number of methoxy groups -OCH3 is 1. The molecule has 2 aromatic rings. The van der Waals surface area contributed by atoms with E-state index in [0.29, 0.717) is 13.1 Å². The van der Waals surface area contributed by atoms with E-state index in [1.165, 1.54) is 5.56 Å². The van der Waals surface area contributed by atoms with Gasteiger partial charge in [0.15, 0.2) is 6.54 Å². The van der Waals surface area contributed by atoms with Crippen molar-refractivity contribution < 1.29 is 14.8 Å². The molecule has 2 aromatic carbocycles. The van der Waals surface area contributed by atoms with Gasteiger partial charge >= 0.3 is 0 Å². The Hall–Kier alpha value is -2.33. The molecule has 0 radical (unpaired) electrons. The van der Waals surface area contributed by atoms with E-state index < -0.39 is 0 Å². The first-order chi connectivity index (χ1) is 11.2. The third-order valence-electron chi connectivity index (χ3n) is 3.89. The maximum Gasteiger partial charge on any atom is 0.275 e. The van der Waals surface area contributed by atoms with Gasteiger partial charge in [0.2, 0.25) is 0 Å². The van der Waals surface area contributed by atoms with Crippen LogP contribution in [-0.4, -0.2) is 26.1 Å². The first-order valence-electron chi connectivity index (χ1n) is 7.97. The fraction of sp³-hybridized carbons (Fsp3) is 0.316. The number of carbonyl (C=O) groups excluding carboxylic acids is 1. The zero-order chi connectivity index (χ0) is 16.5. The molecule has 0 bridgehead atoms. The van der Waals surface area contributed by atoms with Crippen LogP contribution < -0.4 is 15.4 Å². The van der Waals surface area contributed by atoms with Gasteiger partial charge in [0.05, 0.1) is 7.11 Å². The van der Waals surface area contributed by atoms with Crippen molar-refractivity contribution in [1.29, 1.82) is 0 Å². The minimum Gasteiger partial charge on any atom is -0.496 e. The number of rotatable bonds is 8. The summed E-state index contributed by atoms with van der Waals surface area (Å²) < 4.78 is 5.31. The molecule has 1 amide bonds. The molecule has 4 nitrogen and oxygen atoms in total. The summed E-state index contributed by atoms with van der Waals surface area (Å²) in [5.74, 6) is 0.925. The molecule has 0 aliphatic carbocycles. The first-order valence-corrected chi connectivity index (χ1v) is 7.97. The van der Waals surface area contributed by atoms with Crippen LogP contribution in [0.2, 0.25) is 0 Å². The fourth-order valence-electron chi connectivity index (χ4n) is 2.49. The largest absolute Gasteiger partial charge is 0.496 e. The highest BCUT2D eigenvalue weighted by Gasteiger charge is 2.11. The summed E-state index contributed by atoms with van der Waals surface area (Å²) in [7, 11) is 1.66. The first kappa shape index (κ1) is 17.0. The number of carbonyl (C=O) groups is 1. The van der Waals surface area contributed by atoms with Gasteiger partial charge in [0.25, 0.3) is 5.91 Å². The van der Waals surface area contributed by atoms with Crippen LogP contribution >= 0.6 is 0 Å². The molecule has 0 fully saturated rings. The molecular weight excluding hydrogens is 288 g/mol. The molecule has 0 aromatic heterocycles. The summed E-state index contributed by atoms with van der Waals surface area (Å²) >= 11 is 0. The van der Waals surface area contributed by atoms with Gasteiger partial charge in [-0.3, -0.25) is 4.79 Å². The molecule has 23 heavy (non-hydrogen) atoms. The molecule has 0 heterocycles. The Kier molecular flexibility index (Phi) is 6.63. The highest BCUT2D eigenvalue weighted by Crippen LogP contribution is 2.17. The number of ether oxygens (including phenoxy) is 1. The van der Waals surface area contributed by atoms with E-state index in [4.69, 9.17) is 4.74 Å². The van der Waals surface area contributed by atoms with E-state index in [0.717, 1.165) is 17.7 Å². The molecule has 0 aliphatic rings. The number of quaternary nitrogens is 1. The molecule has 4 heteroatoms. The van der Waals surface area contributed by atoms with E-state index >= 15 is 0 Å². The van der Waals surface area contributed by atoms with Gasteiger partial charge in [-0.1, -0.05) is 48.5 Å². The van der Waals surface area contributed by atoms with Crippen LogP contribution in [0.25, 0.3) is 0 Å². The summed E-state index contributed by atoms with van der Waals surface area (Å²) in [4.78, 5) is 11.9. The summed E-state index contributed by atoms with van der Waals surface area (Å²) in [5.41, 5.74) is 2.34. The number of para-hydroxylation sites is 1. The van der Waals surface area contributed by atoms with Crippen molar-refractivity contribution in [1.82, 2.24) is 5.32 Å². The Labute approximate surface area is 137 Å². The lowest BCUT2D eigenvalue weighted by atomic mass is 10.1. The molecule has 0 saturated carbocycles. The normalized spacial score (nSPS) is 11.7. The minimum absolute atomic E-state index is 0.0580. The average molecular weight is 313 g/mol. The van der Waals surface area contributed by atoms with Crippen molar-refractivity contribution in [2.75, 3.05) is 20.2 Å². The van der Waals surface area contributed by atoms with Crippen LogP contribution in [0, 0.1) is 0 Å². The fourth-order valence-corrected chi connectivity index (χ4v) is 2.49. The van der Waals surface area contributed by atoms with Crippen LogP contribution in [0.5, 0.6) is 5.75 Å². The van der Waals surface area contributed by atoms with E-state index in [-0.39, 0.29) is 11.9 Å². The second-order valence-corrected chi connectivity index (χ2v) is 5.55.